The average molecular weight is 494 g/mol. The number of fused-ring (bicyclic) bond motifs is 1. The summed E-state index contributed by atoms with van der Waals surface area (Å²) >= 11 is 0. The third-order valence-electron chi connectivity index (χ3n) is 5.52. The molecule has 4 rings (SSSR count). The number of alkyl halides is 3. The summed E-state index contributed by atoms with van der Waals surface area (Å²) in [7, 11) is 0. The first kappa shape index (κ1) is 24.6. The van der Waals surface area contributed by atoms with E-state index in [0.717, 1.165) is 12.1 Å². The van der Waals surface area contributed by atoms with Crippen molar-refractivity contribution in [2.45, 2.75) is 26.6 Å². The van der Waals surface area contributed by atoms with Gasteiger partial charge in [0.2, 0.25) is 0 Å². The molecule has 0 aliphatic carbocycles. The number of hydrogen-bond donors (Lipinski definition) is 2. The van der Waals surface area contributed by atoms with Gasteiger partial charge in [0.15, 0.2) is 0 Å². The van der Waals surface area contributed by atoms with Crippen LogP contribution in [0.25, 0.3) is 11.0 Å². The van der Waals surface area contributed by atoms with Crippen molar-refractivity contribution in [1.29, 1.82) is 0 Å². The summed E-state index contributed by atoms with van der Waals surface area (Å²) in [5.41, 5.74) is 1.12. The lowest BCUT2D eigenvalue weighted by Crippen LogP contribution is -2.23. The van der Waals surface area contributed by atoms with Crippen molar-refractivity contribution in [3.63, 3.8) is 0 Å². The lowest BCUT2D eigenvalue weighted by molar-refractivity contribution is -0.137. The van der Waals surface area contributed by atoms with Gasteiger partial charge in [-0.1, -0.05) is 12.1 Å². The molecule has 0 saturated carbocycles. The number of amides is 2. The second-order valence-corrected chi connectivity index (χ2v) is 8.02. The lowest BCUT2D eigenvalue weighted by Gasteiger charge is -2.12. The summed E-state index contributed by atoms with van der Waals surface area (Å²) in [6.45, 7) is 3.91. The second-order valence-electron chi connectivity index (χ2n) is 8.02. The van der Waals surface area contributed by atoms with Crippen molar-refractivity contribution in [2.24, 2.45) is 0 Å². The van der Waals surface area contributed by atoms with Crippen molar-refractivity contribution < 1.29 is 22.8 Å². The topological polar surface area (TPSA) is 93.1 Å². The molecule has 36 heavy (non-hydrogen) atoms. The normalized spacial score (nSPS) is 11.4. The second kappa shape index (κ2) is 9.65. The van der Waals surface area contributed by atoms with Crippen LogP contribution in [0.2, 0.25) is 0 Å². The Morgan fingerprint density at radius 3 is 2.14 bits per heavy atom. The van der Waals surface area contributed by atoms with Crippen LogP contribution in [0.5, 0.6) is 0 Å². The van der Waals surface area contributed by atoms with E-state index in [1.807, 2.05) is 6.92 Å². The summed E-state index contributed by atoms with van der Waals surface area (Å²) in [6.07, 6.45) is -4.53. The van der Waals surface area contributed by atoms with Crippen LogP contribution in [0, 0.1) is 6.92 Å². The molecule has 0 bridgehead atoms. The Hall–Kier alpha value is -4.47. The third-order valence-corrected chi connectivity index (χ3v) is 5.52. The first-order valence-corrected chi connectivity index (χ1v) is 11.0. The summed E-state index contributed by atoms with van der Waals surface area (Å²) < 4.78 is 40.4. The zero-order valence-electron chi connectivity index (χ0n) is 19.3. The number of benzene rings is 3. The highest BCUT2D eigenvalue weighted by atomic mass is 19.4. The predicted molar refractivity (Wildman–Crippen MR) is 130 cm³/mol. The third kappa shape index (κ3) is 5.12. The van der Waals surface area contributed by atoms with E-state index >= 15 is 0 Å². The molecule has 1 aromatic heterocycles. The fourth-order valence-electron chi connectivity index (χ4n) is 3.75. The molecule has 2 N–H and O–H groups in total. The molecule has 0 saturated heterocycles. The van der Waals surface area contributed by atoms with Gasteiger partial charge in [-0.3, -0.25) is 14.4 Å². The number of nitrogens with zero attached hydrogens (tertiary/aromatic N) is 2. The Morgan fingerprint density at radius 2 is 1.50 bits per heavy atom. The van der Waals surface area contributed by atoms with Gasteiger partial charge >= 0.3 is 6.18 Å². The van der Waals surface area contributed by atoms with E-state index in [0.29, 0.717) is 34.5 Å². The number of aryl methyl sites for hydroxylation is 2. The summed E-state index contributed by atoms with van der Waals surface area (Å²) in [5.74, 6) is -1.09. The summed E-state index contributed by atoms with van der Waals surface area (Å²) in [6, 6.07) is 15.1. The minimum Gasteiger partial charge on any atom is -0.322 e. The minimum atomic E-state index is -4.53. The molecular formula is C26H21F3N4O3. The van der Waals surface area contributed by atoms with Crippen LogP contribution in [-0.4, -0.2) is 21.4 Å². The van der Waals surface area contributed by atoms with E-state index in [2.05, 4.69) is 15.6 Å². The van der Waals surface area contributed by atoms with Crippen LogP contribution >= 0.6 is 0 Å². The van der Waals surface area contributed by atoms with Gasteiger partial charge in [-0.15, -0.1) is 0 Å². The Kier molecular flexibility index (Phi) is 6.61. The zero-order chi connectivity index (χ0) is 26.0. The van der Waals surface area contributed by atoms with Gasteiger partial charge < -0.3 is 15.2 Å². The van der Waals surface area contributed by atoms with Gasteiger partial charge in [0.05, 0.1) is 16.6 Å². The van der Waals surface area contributed by atoms with Gasteiger partial charge in [0.25, 0.3) is 17.4 Å². The maximum atomic E-state index is 12.9. The van der Waals surface area contributed by atoms with E-state index in [-0.39, 0.29) is 16.8 Å². The Labute approximate surface area is 203 Å². The molecule has 3 aromatic carbocycles. The molecule has 2 amide bonds. The predicted octanol–water partition coefficient (Wildman–Crippen LogP) is 5.25. The molecule has 4 aromatic rings. The fourth-order valence-corrected chi connectivity index (χ4v) is 3.75. The highest BCUT2D eigenvalue weighted by molar-refractivity contribution is 6.08. The molecule has 0 atom stereocenters. The molecule has 0 aliphatic rings. The molecule has 0 spiro atoms. The van der Waals surface area contributed by atoms with Crippen molar-refractivity contribution >= 4 is 34.2 Å². The SMILES string of the molecule is CCn1c(=O)c(C)nc2cc(C(=O)Nc3cccc(C(=O)Nc4cccc(C(F)(F)F)c4)c3)ccc21. The van der Waals surface area contributed by atoms with Crippen molar-refractivity contribution in [2.75, 3.05) is 10.6 Å². The maximum absolute atomic E-state index is 12.9. The molecule has 0 radical (unpaired) electrons. The van der Waals surface area contributed by atoms with Gasteiger partial charge in [-0.25, -0.2) is 4.98 Å². The number of anilines is 2. The number of halogens is 3. The fraction of sp³-hybridized carbons (Fsp3) is 0.154. The standard InChI is InChI=1S/C26H21F3N4O3/c1-3-33-22-11-10-17(13-21(22)30-15(2)25(33)36)24(35)31-19-8-4-6-16(12-19)23(34)32-20-9-5-7-18(14-20)26(27,28)29/h4-14H,3H2,1-2H3,(H,31,35)(H,32,34). The van der Waals surface area contributed by atoms with E-state index in [9.17, 15) is 27.6 Å². The smallest absolute Gasteiger partial charge is 0.322 e. The van der Waals surface area contributed by atoms with Crippen LogP contribution in [0.4, 0.5) is 24.5 Å². The molecule has 7 nitrogen and oxygen atoms in total. The van der Waals surface area contributed by atoms with Crippen LogP contribution in [0.3, 0.4) is 0 Å². The molecule has 10 heteroatoms. The van der Waals surface area contributed by atoms with Gasteiger partial charge in [0.1, 0.15) is 5.69 Å². The number of nitrogens with one attached hydrogen (secondary N) is 2. The molecule has 0 fully saturated rings. The number of hydrogen-bond acceptors (Lipinski definition) is 4. The number of aromatic nitrogens is 2. The lowest BCUT2D eigenvalue weighted by atomic mass is 10.1. The van der Waals surface area contributed by atoms with Crippen molar-refractivity contribution in [3.05, 3.63) is 99.5 Å². The largest absolute Gasteiger partial charge is 0.416 e. The number of carbonyl (C=O) groups excluding carboxylic acids is 2. The Bertz CT molecular complexity index is 1540. The zero-order valence-corrected chi connectivity index (χ0v) is 19.3. The molecule has 0 aliphatic heterocycles. The Balaban J connectivity index is 1.53. The van der Waals surface area contributed by atoms with Gasteiger partial charge in [-0.05, 0) is 68.4 Å². The Morgan fingerprint density at radius 1 is 0.889 bits per heavy atom. The molecule has 0 unspecified atom stereocenters. The quantitative estimate of drug-likeness (QED) is 0.397. The summed E-state index contributed by atoms with van der Waals surface area (Å²) in [4.78, 5) is 42.0. The van der Waals surface area contributed by atoms with Crippen LogP contribution in [0.15, 0.2) is 71.5 Å². The van der Waals surface area contributed by atoms with Crippen LogP contribution in [-0.2, 0) is 12.7 Å². The monoisotopic (exact) mass is 494 g/mol. The average Bonchev–Trinajstić information content (AvgIpc) is 2.84. The first-order chi connectivity index (χ1) is 17.1. The minimum absolute atomic E-state index is 0.00576. The van der Waals surface area contributed by atoms with Crippen molar-refractivity contribution in [1.82, 2.24) is 9.55 Å². The highest BCUT2D eigenvalue weighted by Crippen LogP contribution is 2.30. The van der Waals surface area contributed by atoms with Crippen molar-refractivity contribution in [3.8, 4) is 0 Å². The van der Waals surface area contributed by atoms with E-state index in [4.69, 9.17) is 0 Å². The van der Waals surface area contributed by atoms with E-state index in [1.165, 1.54) is 24.3 Å². The molecular weight excluding hydrogens is 473 g/mol. The van der Waals surface area contributed by atoms with E-state index in [1.54, 1.807) is 41.8 Å². The number of carbonyl (C=O) groups is 2. The van der Waals surface area contributed by atoms with E-state index < -0.39 is 23.6 Å². The van der Waals surface area contributed by atoms with Gasteiger partial charge in [0, 0.05) is 29.0 Å². The van der Waals surface area contributed by atoms with Gasteiger partial charge in [-0.2, -0.15) is 13.2 Å². The van der Waals surface area contributed by atoms with Crippen LogP contribution < -0.4 is 16.2 Å². The van der Waals surface area contributed by atoms with Crippen LogP contribution in [0.1, 0.15) is 38.9 Å². The molecule has 184 valence electrons. The highest BCUT2D eigenvalue weighted by Gasteiger charge is 2.30. The number of rotatable bonds is 5. The first-order valence-electron chi connectivity index (χ1n) is 11.0. The maximum Gasteiger partial charge on any atom is 0.416 e. The molecule has 1 heterocycles. The summed E-state index contributed by atoms with van der Waals surface area (Å²) in [5, 5.41) is 5.14.